The maximum Gasteiger partial charge on any atom is 0.309 e. The third kappa shape index (κ3) is 12.8. The minimum absolute atomic E-state index is 0.0353. The summed E-state index contributed by atoms with van der Waals surface area (Å²) in [6.07, 6.45) is 13.8. The van der Waals surface area contributed by atoms with Crippen molar-refractivity contribution in [3.05, 3.63) is 0 Å². The van der Waals surface area contributed by atoms with Crippen LogP contribution in [0.2, 0.25) is 0 Å². The van der Waals surface area contributed by atoms with Crippen LogP contribution >= 0.6 is 11.8 Å². The predicted octanol–water partition coefficient (Wildman–Crippen LogP) is 5.45. The van der Waals surface area contributed by atoms with Crippen molar-refractivity contribution in [2.75, 3.05) is 18.6 Å². The van der Waals surface area contributed by atoms with Crippen molar-refractivity contribution in [2.45, 2.75) is 78.1 Å². The van der Waals surface area contributed by atoms with Gasteiger partial charge in [-0.3, -0.25) is 4.79 Å². The lowest BCUT2D eigenvalue weighted by atomic mass is 10.1. The van der Waals surface area contributed by atoms with E-state index in [1.807, 2.05) is 18.7 Å². The zero-order valence-electron chi connectivity index (χ0n) is 13.8. The summed E-state index contributed by atoms with van der Waals surface area (Å²) in [5.74, 6) is 2.02. The summed E-state index contributed by atoms with van der Waals surface area (Å²) in [6, 6.07) is 0. The van der Waals surface area contributed by atoms with Crippen LogP contribution in [-0.2, 0) is 9.53 Å². The van der Waals surface area contributed by atoms with Crippen molar-refractivity contribution in [3.63, 3.8) is 0 Å². The molecule has 1 atom stereocenters. The molecule has 0 aromatic carbocycles. The number of carbonyl (C=O) groups excluding carboxylic acids is 1. The van der Waals surface area contributed by atoms with E-state index in [0.717, 1.165) is 5.75 Å². The average molecular weight is 303 g/mol. The van der Waals surface area contributed by atoms with Gasteiger partial charge in [-0.1, -0.05) is 71.6 Å². The van der Waals surface area contributed by atoms with E-state index in [1.165, 1.54) is 77.1 Å². The van der Waals surface area contributed by atoms with Crippen LogP contribution in [0.15, 0.2) is 0 Å². The monoisotopic (exact) mass is 302 g/mol. The molecule has 120 valence electrons. The number of hydrogen-bond acceptors (Lipinski definition) is 3. The van der Waals surface area contributed by atoms with Gasteiger partial charge >= 0.3 is 5.97 Å². The van der Waals surface area contributed by atoms with Gasteiger partial charge in [0.2, 0.25) is 0 Å². The molecule has 0 aliphatic heterocycles. The van der Waals surface area contributed by atoms with Crippen LogP contribution in [0, 0.1) is 5.92 Å². The summed E-state index contributed by atoms with van der Waals surface area (Å²) < 4.78 is 4.72. The molecule has 0 aromatic heterocycles. The van der Waals surface area contributed by atoms with Crippen LogP contribution in [0.4, 0.5) is 0 Å². The predicted molar refractivity (Wildman–Crippen MR) is 90.3 cm³/mol. The van der Waals surface area contributed by atoms with E-state index >= 15 is 0 Å². The number of rotatable bonds is 14. The van der Waals surface area contributed by atoms with Crippen LogP contribution in [0.3, 0.4) is 0 Å². The van der Waals surface area contributed by atoms with Crippen molar-refractivity contribution in [2.24, 2.45) is 5.92 Å². The number of carbonyl (C=O) groups is 1. The zero-order chi connectivity index (χ0) is 15.1. The highest BCUT2D eigenvalue weighted by Gasteiger charge is 2.12. The minimum atomic E-state index is -0.0828. The Labute approximate surface area is 130 Å². The van der Waals surface area contributed by atoms with E-state index in [-0.39, 0.29) is 11.9 Å². The summed E-state index contributed by atoms with van der Waals surface area (Å²) in [7, 11) is 1.46. The third-order valence-corrected chi connectivity index (χ3v) is 4.93. The fraction of sp³-hybridized carbons (Fsp3) is 0.941. The Kier molecular flexibility index (Phi) is 15.1. The molecule has 2 nitrogen and oxygen atoms in total. The summed E-state index contributed by atoms with van der Waals surface area (Å²) >= 11 is 1.88. The Hall–Kier alpha value is -0.180. The van der Waals surface area contributed by atoms with Crippen LogP contribution in [0.25, 0.3) is 0 Å². The maximum atomic E-state index is 11.2. The molecule has 20 heavy (non-hydrogen) atoms. The van der Waals surface area contributed by atoms with Gasteiger partial charge in [0, 0.05) is 5.75 Å². The van der Waals surface area contributed by atoms with Crippen LogP contribution in [0.5, 0.6) is 0 Å². The van der Waals surface area contributed by atoms with Crippen molar-refractivity contribution in [3.8, 4) is 0 Å². The van der Waals surface area contributed by atoms with Crippen LogP contribution in [0.1, 0.15) is 78.1 Å². The molecule has 0 bridgehead atoms. The first-order valence-electron chi connectivity index (χ1n) is 8.38. The molecule has 1 unspecified atom stereocenters. The van der Waals surface area contributed by atoms with Crippen LogP contribution in [-0.4, -0.2) is 24.6 Å². The molecule has 0 aromatic rings. The van der Waals surface area contributed by atoms with E-state index < -0.39 is 0 Å². The highest BCUT2D eigenvalue weighted by molar-refractivity contribution is 7.99. The third-order valence-electron chi connectivity index (χ3n) is 3.61. The fourth-order valence-electron chi connectivity index (χ4n) is 2.22. The SMILES string of the molecule is CCCCCCCCCCCCSCC(C)C(=O)OC. The molecule has 3 heteroatoms. The second kappa shape index (κ2) is 15.2. The lowest BCUT2D eigenvalue weighted by molar-refractivity contribution is -0.143. The Morgan fingerprint density at radius 2 is 1.45 bits per heavy atom. The van der Waals surface area contributed by atoms with Gasteiger partial charge in [-0.05, 0) is 12.2 Å². The summed E-state index contributed by atoms with van der Waals surface area (Å²) in [6.45, 7) is 4.21. The normalized spacial score (nSPS) is 12.3. The van der Waals surface area contributed by atoms with Crippen LogP contribution < -0.4 is 0 Å². The van der Waals surface area contributed by atoms with E-state index in [0.29, 0.717) is 0 Å². The lowest BCUT2D eigenvalue weighted by Gasteiger charge is -2.08. The maximum absolute atomic E-state index is 11.2. The van der Waals surface area contributed by atoms with E-state index in [9.17, 15) is 4.79 Å². The van der Waals surface area contributed by atoms with Gasteiger partial charge in [0.15, 0.2) is 0 Å². The van der Waals surface area contributed by atoms with Gasteiger partial charge in [-0.15, -0.1) is 0 Å². The first-order chi connectivity index (χ1) is 9.72. The van der Waals surface area contributed by atoms with Gasteiger partial charge in [0.1, 0.15) is 0 Å². The average Bonchev–Trinajstić information content (AvgIpc) is 2.47. The van der Waals surface area contributed by atoms with Gasteiger partial charge in [0.05, 0.1) is 13.0 Å². The smallest absolute Gasteiger partial charge is 0.309 e. The molecule has 0 aliphatic carbocycles. The second-order valence-electron chi connectivity index (χ2n) is 5.68. The van der Waals surface area contributed by atoms with Gasteiger partial charge < -0.3 is 4.74 Å². The number of esters is 1. The van der Waals surface area contributed by atoms with E-state index in [4.69, 9.17) is 4.74 Å². The topological polar surface area (TPSA) is 26.3 Å². The standard InChI is InChI=1S/C17H34O2S/c1-4-5-6-7-8-9-10-11-12-13-14-20-15-16(2)17(18)19-3/h16H,4-15H2,1-3H3. The van der Waals surface area contributed by atoms with Gasteiger partial charge in [-0.25, -0.2) is 0 Å². The Morgan fingerprint density at radius 3 is 1.95 bits per heavy atom. The van der Waals surface area contributed by atoms with Crippen molar-refractivity contribution < 1.29 is 9.53 Å². The van der Waals surface area contributed by atoms with E-state index in [2.05, 4.69) is 6.92 Å². The first kappa shape index (κ1) is 19.8. The summed E-state index contributed by atoms with van der Waals surface area (Å²) in [4.78, 5) is 11.2. The Morgan fingerprint density at radius 1 is 0.950 bits per heavy atom. The molecule has 0 N–H and O–H groups in total. The molecule has 0 saturated heterocycles. The highest BCUT2D eigenvalue weighted by atomic mass is 32.2. The molecule has 0 heterocycles. The largest absolute Gasteiger partial charge is 0.469 e. The van der Waals surface area contributed by atoms with Crippen molar-refractivity contribution in [1.82, 2.24) is 0 Å². The first-order valence-corrected chi connectivity index (χ1v) is 9.53. The molecule has 0 fully saturated rings. The molecule has 0 amide bonds. The van der Waals surface area contributed by atoms with Gasteiger partial charge in [-0.2, -0.15) is 11.8 Å². The molecular formula is C17H34O2S. The molecule has 0 spiro atoms. The van der Waals surface area contributed by atoms with Gasteiger partial charge in [0.25, 0.3) is 0 Å². The molecule has 0 rings (SSSR count). The fourth-order valence-corrected chi connectivity index (χ4v) is 3.29. The number of methoxy groups -OCH3 is 1. The number of thioether (sulfide) groups is 1. The molecule has 0 saturated carbocycles. The lowest BCUT2D eigenvalue weighted by Crippen LogP contribution is -2.15. The number of hydrogen-bond donors (Lipinski definition) is 0. The quantitative estimate of drug-likeness (QED) is 0.315. The Bertz CT molecular complexity index is 219. The molecule has 0 radical (unpaired) electrons. The molecule has 0 aliphatic rings. The zero-order valence-corrected chi connectivity index (χ0v) is 14.6. The summed E-state index contributed by atoms with van der Waals surface area (Å²) in [5, 5.41) is 0. The van der Waals surface area contributed by atoms with Crippen molar-refractivity contribution in [1.29, 1.82) is 0 Å². The summed E-state index contributed by atoms with van der Waals surface area (Å²) in [5.41, 5.74) is 0. The number of unbranched alkanes of at least 4 members (excludes halogenated alkanes) is 9. The van der Waals surface area contributed by atoms with Crippen molar-refractivity contribution >= 4 is 17.7 Å². The second-order valence-corrected chi connectivity index (χ2v) is 6.83. The molecular weight excluding hydrogens is 268 g/mol. The Balaban J connectivity index is 3.11. The van der Waals surface area contributed by atoms with E-state index in [1.54, 1.807) is 0 Å². The minimum Gasteiger partial charge on any atom is -0.469 e. The number of ether oxygens (including phenoxy) is 1. The highest BCUT2D eigenvalue weighted by Crippen LogP contribution is 2.14.